The molecule has 3 unspecified atom stereocenters. The zero-order chi connectivity index (χ0) is 16.4. The second kappa shape index (κ2) is 9.58. The first-order chi connectivity index (χ1) is 11.1. The van der Waals surface area contributed by atoms with Gasteiger partial charge in [-0.05, 0) is 42.9 Å². The average Bonchev–Trinajstić information content (AvgIpc) is 2.97. The van der Waals surface area contributed by atoms with Gasteiger partial charge in [-0.25, -0.2) is 0 Å². The first-order valence-electron chi connectivity index (χ1n) is 8.59. The second-order valence-electron chi connectivity index (χ2n) is 7.09. The predicted molar refractivity (Wildman–Crippen MR) is 109 cm³/mol. The van der Waals surface area contributed by atoms with Gasteiger partial charge in [-0.1, -0.05) is 31.2 Å². The van der Waals surface area contributed by atoms with Crippen LogP contribution in [0.25, 0.3) is 11.1 Å². The van der Waals surface area contributed by atoms with Gasteiger partial charge in [-0.3, -0.25) is 9.58 Å². The Morgan fingerprint density at radius 2 is 1.80 bits per heavy atom. The molecule has 1 aliphatic rings. The average molecular weight is 385 g/mol. The van der Waals surface area contributed by atoms with Gasteiger partial charge < -0.3 is 5.73 Å². The van der Waals surface area contributed by atoms with E-state index < -0.39 is 0 Å². The molecule has 140 valence electrons. The van der Waals surface area contributed by atoms with Crippen LogP contribution >= 0.6 is 24.8 Å². The van der Waals surface area contributed by atoms with Crippen molar-refractivity contribution in [2.75, 3.05) is 13.1 Å². The molecule has 0 aliphatic carbocycles. The fourth-order valence-corrected chi connectivity index (χ4v) is 3.68. The fraction of sp³-hybridized carbons (Fsp3) is 0.526. The van der Waals surface area contributed by atoms with Gasteiger partial charge in [0.1, 0.15) is 0 Å². The van der Waals surface area contributed by atoms with Crippen molar-refractivity contribution in [2.45, 2.75) is 32.9 Å². The molecule has 2 aromatic rings. The van der Waals surface area contributed by atoms with Gasteiger partial charge in [0.2, 0.25) is 0 Å². The molecular formula is C19H30Cl2N4. The van der Waals surface area contributed by atoms with Crippen LogP contribution < -0.4 is 5.73 Å². The number of rotatable bonds is 4. The predicted octanol–water partition coefficient (Wildman–Crippen LogP) is 3.74. The lowest BCUT2D eigenvalue weighted by Crippen LogP contribution is -2.46. The van der Waals surface area contributed by atoms with Crippen molar-refractivity contribution in [3.05, 3.63) is 42.2 Å². The highest BCUT2D eigenvalue weighted by Gasteiger charge is 2.29. The summed E-state index contributed by atoms with van der Waals surface area (Å²) >= 11 is 0. The normalized spacial score (nSPS) is 23.6. The van der Waals surface area contributed by atoms with Crippen LogP contribution in [0.5, 0.6) is 0 Å². The molecule has 0 spiro atoms. The van der Waals surface area contributed by atoms with Gasteiger partial charge in [0.05, 0.1) is 6.20 Å². The number of likely N-dealkylation sites (tertiary alicyclic amines) is 1. The van der Waals surface area contributed by atoms with Crippen molar-refractivity contribution in [3.8, 4) is 11.1 Å². The molecule has 1 fully saturated rings. The quantitative estimate of drug-likeness (QED) is 0.872. The van der Waals surface area contributed by atoms with Gasteiger partial charge in [-0.2, -0.15) is 5.10 Å². The van der Waals surface area contributed by atoms with Crippen LogP contribution in [-0.4, -0.2) is 33.8 Å². The number of nitrogens with zero attached hydrogens (tertiary/aromatic N) is 3. The lowest BCUT2D eigenvalue weighted by molar-refractivity contribution is 0.0750. The lowest BCUT2D eigenvalue weighted by atomic mass is 9.83. The summed E-state index contributed by atoms with van der Waals surface area (Å²) in [7, 11) is 1.95. The molecule has 1 aromatic carbocycles. The number of hydrogen-bond acceptors (Lipinski definition) is 3. The van der Waals surface area contributed by atoms with Crippen LogP contribution in [-0.2, 0) is 13.6 Å². The summed E-state index contributed by atoms with van der Waals surface area (Å²) in [4.78, 5) is 2.58. The number of benzene rings is 1. The van der Waals surface area contributed by atoms with E-state index in [1.54, 1.807) is 0 Å². The van der Waals surface area contributed by atoms with Gasteiger partial charge >= 0.3 is 0 Å². The molecule has 0 bridgehead atoms. The van der Waals surface area contributed by atoms with Crippen LogP contribution in [0.2, 0.25) is 0 Å². The fourth-order valence-electron chi connectivity index (χ4n) is 3.68. The van der Waals surface area contributed by atoms with E-state index in [2.05, 4.69) is 54.3 Å². The van der Waals surface area contributed by atoms with Gasteiger partial charge in [0.25, 0.3) is 0 Å². The Bertz CT molecular complexity index is 641. The number of hydrogen-bond donors (Lipinski definition) is 1. The van der Waals surface area contributed by atoms with Crippen molar-refractivity contribution in [1.29, 1.82) is 0 Å². The third-order valence-corrected chi connectivity index (χ3v) is 5.29. The van der Waals surface area contributed by atoms with E-state index in [-0.39, 0.29) is 24.8 Å². The van der Waals surface area contributed by atoms with E-state index in [1.807, 2.05) is 17.9 Å². The van der Waals surface area contributed by atoms with Crippen molar-refractivity contribution < 1.29 is 0 Å². The minimum absolute atomic E-state index is 0. The second-order valence-corrected chi connectivity index (χ2v) is 7.09. The smallest absolute Gasteiger partial charge is 0.0568 e. The van der Waals surface area contributed by atoms with Crippen LogP contribution in [0, 0.1) is 11.8 Å². The van der Waals surface area contributed by atoms with E-state index in [0.717, 1.165) is 25.6 Å². The summed E-state index contributed by atoms with van der Waals surface area (Å²) in [5.41, 5.74) is 9.71. The van der Waals surface area contributed by atoms with E-state index in [1.165, 1.54) is 23.1 Å². The molecule has 0 radical (unpaired) electrons. The van der Waals surface area contributed by atoms with Crippen LogP contribution in [0.3, 0.4) is 0 Å². The van der Waals surface area contributed by atoms with E-state index in [4.69, 9.17) is 5.73 Å². The summed E-state index contributed by atoms with van der Waals surface area (Å²) in [5, 5.41) is 4.24. The molecule has 1 aromatic heterocycles. The Morgan fingerprint density at radius 1 is 1.12 bits per heavy atom. The zero-order valence-electron chi connectivity index (χ0n) is 15.3. The van der Waals surface area contributed by atoms with Gasteiger partial charge in [-0.15, -0.1) is 24.8 Å². The molecule has 3 atom stereocenters. The summed E-state index contributed by atoms with van der Waals surface area (Å²) in [6, 6.07) is 9.51. The SMILES string of the molecule is CC1CC(C)N(Cc2ccc(-c3cnn(C)c3)cc2)CC1CN.Cl.Cl. The zero-order valence-corrected chi connectivity index (χ0v) is 16.9. The third-order valence-electron chi connectivity index (χ3n) is 5.29. The maximum Gasteiger partial charge on any atom is 0.0568 e. The van der Waals surface area contributed by atoms with Crippen molar-refractivity contribution in [3.63, 3.8) is 0 Å². The Morgan fingerprint density at radius 3 is 2.36 bits per heavy atom. The van der Waals surface area contributed by atoms with Crippen LogP contribution in [0.4, 0.5) is 0 Å². The molecule has 3 rings (SSSR count). The highest BCUT2D eigenvalue weighted by Crippen LogP contribution is 2.28. The minimum Gasteiger partial charge on any atom is -0.330 e. The Balaban J connectivity index is 0.00000156. The van der Waals surface area contributed by atoms with Gasteiger partial charge in [0.15, 0.2) is 0 Å². The molecule has 1 aliphatic heterocycles. The molecule has 4 nitrogen and oxygen atoms in total. The summed E-state index contributed by atoms with van der Waals surface area (Å²) < 4.78 is 1.84. The summed E-state index contributed by atoms with van der Waals surface area (Å²) in [6.45, 7) is 7.60. The molecule has 2 N–H and O–H groups in total. The molecule has 6 heteroatoms. The molecule has 0 amide bonds. The first-order valence-corrected chi connectivity index (χ1v) is 8.59. The summed E-state index contributed by atoms with van der Waals surface area (Å²) in [5.74, 6) is 1.36. The van der Waals surface area contributed by atoms with Crippen LogP contribution in [0.1, 0.15) is 25.8 Å². The van der Waals surface area contributed by atoms with E-state index in [0.29, 0.717) is 12.0 Å². The molecule has 0 saturated carbocycles. The van der Waals surface area contributed by atoms with Crippen molar-refractivity contribution in [1.82, 2.24) is 14.7 Å². The molecule has 1 saturated heterocycles. The highest BCUT2D eigenvalue weighted by molar-refractivity contribution is 5.85. The Labute approximate surface area is 163 Å². The maximum atomic E-state index is 5.95. The molecule has 25 heavy (non-hydrogen) atoms. The van der Waals surface area contributed by atoms with Gasteiger partial charge in [0, 0.05) is 37.9 Å². The number of halogens is 2. The van der Waals surface area contributed by atoms with E-state index >= 15 is 0 Å². The Hall–Kier alpha value is -1.07. The molecular weight excluding hydrogens is 355 g/mol. The topological polar surface area (TPSA) is 47.1 Å². The number of aromatic nitrogens is 2. The highest BCUT2D eigenvalue weighted by atomic mass is 35.5. The minimum atomic E-state index is 0. The number of nitrogens with two attached hydrogens (primary N) is 1. The molecule has 2 heterocycles. The maximum absolute atomic E-state index is 5.95. The first kappa shape index (κ1) is 22.0. The lowest BCUT2D eigenvalue weighted by Gasteiger charge is -2.41. The van der Waals surface area contributed by atoms with Crippen molar-refractivity contribution in [2.24, 2.45) is 24.6 Å². The number of aryl methyl sites for hydroxylation is 1. The largest absolute Gasteiger partial charge is 0.330 e. The monoisotopic (exact) mass is 384 g/mol. The van der Waals surface area contributed by atoms with Crippen LogP contribution in [0.15, 0.2) is 36.7 Å². The number of piperidine rings is 1. The third kappa shape index (κ3) is 5.20. The van der Waals surface area contributed by atoms with Crippen molar-refractivity contribution >= 4 is 24.8 Å². The van der Waals surface area contributed by atoms with E-state index in [9.17, 15) is 0 Å². The summed E-state index contributed by atoms with van der Waals surface area (Å²) in [6.07, 6.45) is 5.21. The standard InChI is InChI=1S/C19H28N4.2ClH/c1-14-8-15(2)23(13-18(14)9-20)11-16-4-6-17(7-5-16)19-10-21-22(3)12-19;;/h4-7,10,12,14-15,18H,8-9,11,13,20H2,1-3H3;2*1H. The Kier molecular flexibility index (Phi) is 8.42.